The van der Waals surface area contributed by atoms with Crippen molar-refractivity contribution in [3.8, 4) is 0 Å². The third-order valence-corrected chi connectivity index (χ3v) is 9.98. The first-order valence-corrected chi connectivity index (χ1v) is 18.2. The predicted molar refractivity (Wildman–Crippen MR) is 172 cm³/mol. The maximum atomic E-state index is 2.87. The quantitative estimate of drug-likeness (QED) is 0.304. The van der Waals surface area contributed by atoms with E-state index in [4.69, 9.17) is 0 Å². The zero-order valence-corrected chi connectivity index (χ0v) is 26.7. The van der Waals surface area contributed by atoms with Crippen molar-refractivity contribution in [2.45, 2.75) is 142 Å². The molecule has 230 valence electrons. The first-order valence-electron chi connectivity index (χ1n) is 18.2. The Hall–Kier alpha value is -0.160. The second kappa shape index (κ2) is 22.4. The van der Waals surface area contributed by atoms with Crippen LogP contribution in [0.2, 0.25) is 0 Å². The summed E-state index contributed by atoms with van der Waals surface area (Å²) in [6.07, 6.45) is 29.9. The molecular formula is C35H70N4. The summed E-state index contributed by atoms with van der Waals surface area (Å²) < 4.78 is 0. The van der Waals surface area contributed by atoms with Crippen molar-refractivity contribution in [2.24, 2.45) is 5.92 Å². The van der Waals surface area contributed by atoms with Crippen LogP contribution in [0.1, 0.15) is 142 Å². The van der Waals surface area contributed by atoms with Gasteiger partial charge in [-0.05, 0) is 155 Å². The number of hydrogen-bond acceptors (Lipinski definition) is 4. The first kappa shape index (κ1) is 33.3. The fourth-order valence-corrected chi connectivity index (χ4v) is 7.44. The molecule has 4 saturated heterocycles. The van der Waals surface area contributed by atoms with Gasteiger partial charge in [-0.1, -0.05) is 64.7 Å². The maximum Gasteiger partial charge on any atom is 0.000703 e. The summed E-state index contributed by atoms with van der Waals surface area (Å²) in [5, 5.41) is 0. The molecule has 4 bridgehead atoms. The summed E-state index contributed by atoms with van der Waals surface area (Å²) in [6, 6.07) is 0. The maximum absolute atomic E-state index is 2.87. The molecule has 0 amide bonds. The standard InChI is InChI=1S/C35H70N4/c1-35-22-21-33-38-27-15-4-2-11-23-36-25-13-6-8-17-31-39(34-35)32-18-9-7-14-26-37(30-20-10-19-29-36)24-12-3-5-16-28-38/h35H,2-34H2,1H3/t35-/m0/s1. The second-order valence-electron chi connectivity index (χ2n) is 13.8. The van der Waals surface area contributed by atoms with Crippen LogP contribution in [-0.4, -0.2) is 98.1 Å². The molecule has 0 aromatic rings. The lowest BCUT2D eigenvalue weighted by Gasteiger charge is -2.28. The van der Waals surface area contributed by atoms with Gasteiger partial charge in [-0.3, -0.25) is 0 Å². The van der Waals surface area contributed by atoms with Crippen molar-refractivity contribution < 1.29 is 0 Å². The third-order valence-electron chi connectivity index (χ3n) is 9.98. The Bertz CT molecular complexity index is 517. The van der Waals surface area contributed by atoms with E-state index in [1.54, 1.807) is 0 Å². The second-order valence-corrected chi connectivity index (χ2v) is 13.8. The van der Waals surface area contributed by atoms with Crippen LogP contribution in [0.4, 0.5) is 0 Å². The highest BCUT2D eigenvalue weighted by molar-refractivity contribution is 4.69. The Kier molecular flexibility index (Phi) is 19.2. The summed E-state index contributed by atoms with van der Waals surface area (Å²) in [7, 11) is 0. The fraction of sp³-hybridized carbons (Fsp3) is 1.00. The normalized spacial score (nSPS) is 34.2. The highest BCUT2D eigenvalue weighted by Gasteiger charge is 2.14. The number of nitrogens with zero attached hydrogens (tertiary/aromatic N) is 4. The Labute approximate surface area is 245 Å². The highest BCUT2D eigenvalue weighted by atomic mass is 15.1. The Balaban J connectivity index is 1.70. The average Bonchev–Trinajstić information content (AvgIpc) is 2.92. The van der Waals surface area contributed by atoms with Gasteiger partial charge in [-0.25, -0.2) is 0 Å². The number of rotatable bonds is 0. The van der Waals surface area contributed by atoms with E-state index in [1.807, 2.05) is 0 Å². The monoisotopic (exact) mass is 547 g/mol. The van der Waals surface area contributed by atoms with E-state index < -0.39 is 0 Å². The van der Waals surface area contributed by atoms with Crippen LogP contribution < -0.4 is 0 Å². The molecule has 4 aliphatic heterocycles. The summed E-state index contributed by atoms with van der Waals surface area (Å²) in [4.78, 5) is 11.4. The van der Waals surface area contributed by atoms with Gasteiger partial charge < -0.3 is 19.6 Å². The van der Waals surface area contributed by atoms with E-state index in [2.05, 4.69) is 26.5 Å². The van der Waals surface area contributed by atoms with Gasteiger partial charge in [0, 0.05) is 6.54 Å². The molecule has 0 spiro atoms. The first-order chi connectivity index (χ1) is 19.3. The van der Waals surface area contributed by atoms with E-state index >= 15 is 0 Å². The van der Waals surface area contributed by atoms with Crippen molar-refractivity contribution in [1.82, 2.24) is 19.6 Å². The van der Waals surface area contributed by atoms with Crippen LogP contribution in [0.15, 0.2) is 0 Å². The lowest BCUT2D eigenvalue weighted by molar-refractivity contribution is 0.203. The molecule has 0 aromatic heterocycles. The van der Waals surface area contributed by atoms with Crippen LogP contribution in [0.25, 0.3) is 0 Å². The van der Waals surface area contributed by atoms with E-state index in [-0.39, 0.29) is 0 Å². The molecule has 39 heavy (non-hydrogen) atoms. The topological polar surface area (TPSA) is 13.0 Å². The van der Waals surface area contributed by atoms with Crippen LogP contribution >= 0.6 is 0 Å². The van der Waals surface area contributed by atoms with E-state index in [9.17, 15) is 0 Å². The van der Waals surface area contributed by atoms with Crippen LogP contribution in [0.3, 0.4) is 0 Å². The van der Waals surface area contributed by atoms with Gasteiger partial charge in [0.1, 0.15) is 0 Å². The molecule has 3 atom stereocenters. The molecular weight excluding hydrogens is 476 g/mol. The Morgan fingerprint density at radius 3 is 0.821 bits per heavy atom. The molecule has 0 radical (unpaired) electrons. The molecule has 4 fully saturated rings. The SMILES string of the molecule is C[C@H]1CCCN2CCCCCCN3CCCCCCN(CCCCCCN(CCCCCC2)CCCCC3)C1. The minimum Gasteiger partial charge on any atom is -0.303 e. The van der Waals surface area contributed by atoms with Gasteiger partial charge >= 0.3 is 0 Å². The van der Waals surface area contributed by atoms with Gasteiger partial charge in [0.25, 0.3) is 0 Å². The highest BCUT2D eigenvalue weighted by Crippen LogP contribution is 2.16. The zero-order valence-electron chi connectivity index (χ0n) is 26.7. The average molecular weight is 547 g/mol. The molecule has 4 heteroatoms. The van der Waals surface area contributed by atoms with Crippen LogP contribution in [-0.2, 0) is 0 Å². The number of hydrogen-bond donors (Lipinski definition) is 0. The van der Waals surface area contributed by atoms with Crippen LogP contribution in [0.5, 0.6) is 0 Å². The van der Waals surface area contributed by atoms with Crippen molar-refractivity contribution in [1.29, 1.82) is 0 Å². The van der Waals surface area contributed by atoms with Crippen molar-refractivity contribution in [3.05, 3.63) is 0 Å². The van der Waals surface area contributed by atoms with Gasteiger partial charge in [0.05, 0.1) is 0 Å². The molecule has 2 unspecified atom stereocenters. The molecule has 0 N–H and O–H groups in total. The van der Waals surface area contributed by atoms with E-state index in [1.165, 1.54) is 213 Å². The Morgan fingerprint density at radius 2 is 0.513 bits per heavy atom. The molecule has 0 aliphatic carbocycles. The molecule has 0 saturated carbocycles. The smallest absolute Gasteiger partial charge is 0.000703 e. The van der Waals surface area contributed by atoms with Crippen LogP contribution in [0, 0.1) is 5.92 Å². The summed E-state index contributed by atoms with van der Waals surface area (Å²) in [6.45, 7) is 18.7. The van der Waals surface area contributed by atoms with Gasteiger partial charge in [-0.2, -0.15) is 0 Å². The largest absolute Gasteiger partial charge is 0.303 e. The zero-order chi connectivity index (χ0) is 27.2. The minimum absolute atomic E-state index is 0.843. The predicted octanol–water partition coefficient (Wildman–Crippen LogP) is 8.06. The van der Waals surface area contributed by atoms with Crippen molar-refractivity contribution >= 4 is 0 Å². The molecule has 4 rings (SSSR count). The van der Waals surface area contributed by atoms with Crippen molar-refractivity contribution in [2.75, 3.05) is 78.5 Å². The summed E-state index contributed by atoms with van der Waals surface area (Å²) >= 11 is 0. The number of fused-ring (bicyclic) bond motifs is 28. The third kappa shape index (κ3) is 16.8. The summed E-state index contributed by atoms with van der Waals surface area (Å²) in [5.41, 5.74) is 0. The van der Waals surface area contributed by atoms with Crippen molar-refractivity contribution in [3.63, 3.8) is 0 Å². The fourth-order valence-electron chi connectivity index (χ4n) is 7.44. The molecule has 4 heterocycles. The molecule has 4 aliphatic rings. The van der Waals surface area contributed by atoms with E-state index in [0.29, 0.717) is 0 Å². The van der Waals surface area contributed by atoms with E-state index in [0.717, 1.165) is 5.92 Å². The molecule has 4 nitrogen and oxygen atoms in total. The lowest BCUT2D eigenvalue weighted by atomic mass is 10.0. The van der Waals surface area contributed by atoms with Gasteiger partial charge in [-0.15, -0.1) is 0 Å². The lowest BCUT2D eigenvalue weighted by Crippen LogP contribution is -2.32. The van der Waals surface area contributed by atoms with Gasteiger partial charge in [0.15, 0.2) is 0 Å². The molecule has 0 aromatic carbocycles. The Morgan fingerprint density at radius 1 is 0.282 bits per heavy atom. The minimum atomic E-state index is 0.843. The van der Waals surface area contributed by atoms with Gasteiger partial charge in [0.2, 0.25) is 0 Å². The summed E-state index contributed by atoms with van der Waals surface area (Å²) in [5.74, 6) is 0.843.